The van der Waals surface area contributed by atoms with Crippen molar-refractivity contribution in [3.63, 3.8) is 0 Å². The Morgan fingerprint density at radius 2 is 2.11 bits per heavy atom. The molecule has 4 heterocycles. The maximum absolute atomic E-state index is 13.5. The summed E-state index contributed by atoms with van der Waals surface area (Å²) in [6.45, 7) is 7.07. The molecule has 7 nitrogen and oxygen atoms in total. The molecule has 1 N–H and O–H groups in total. The van der Waals surface area contributed by atoms with Crippen LogP contribution in [0.25, 0.3) is 11.0 Å². The Morgan fingerprint density at radius 1 is 1.29 bits per heavy atom. The van der Waals surface area contributed by atoms with Crippen molar-refractivity contribution in [2.75, 3.05) is 26.2 Å². The molecule has 0 radical (unpaired) electrons. The lowest BCUT2D eigenvalue weighted by Crippen LogP contribution is -2.49. The summed E-state index contributed by atoms with van der Waals surface area (Å²) in [5, 5.41) is 3.32. The first kappa shape index (κ1) is 17.9. The van der Waals surface area contributed by atoms with E-state index in [2.05, 4.69) is 26.7 Å². The smallest absolute Gasteiger partial charge is 0.410 e. The highest BCUT2D eigenvalue weighted by atomic mass is 19.1. The van der Waals surface area contributed by atoms with Gasteiger partial charge in [-0.3, -0.25) is 9.80 Å². The number of ether oxygens (including phenoxy) is 1. The molecule has 0 unspecified atom stereocenters. The third-order valence-electron chi connectivity index (χ3n) is 6.37. The van der Waals surface area contributed by atoms with Gasteiger partial charge in [0.1, 0.15) is 17.7 Å². The molecule has 1 aromatic heterocycles. The summed E-state index contributed by atoms with van der Waals surface area (Å²) in [7, 11) is 0. The maximum atomic E-state index is 13.5. The fourth-order valence-electron chi connectivity index (χ4n) is 4.97. The van der Waals surface area contributed by atoms with Crippen molar-refractivity contribution in [2.45, 2.75) is 51.0 Å². The van der Waals surface area contributed by atoms with E-state index in [1.807, 2.05) is 11.0 Å². The molecule has 3 aliphatic rings. The predicted molar refractivity (Wildman–Crippen MR) is 102 cm³/mol. The zero-order valence-corrected chi connectivity index (χ0v) is 16.1. The van der Waals surface area contributed by atoms with Crippen LogP contribution in [0.4, 0.5) is 9.18 Å². The number of aromatic nitrogens is 2. The largest absolute Gasteiger partial charge is 0.442 e. The first-order valence-corrected chi connectivity index (χ1v) is 10.2. The van der Waals surface area contributed by atoms with E-state index < -0.39 is 0 Å². The summed E-state index contributed by atoms with van der Waals surface area (Å²) in [4.78, 5) is 21.3. The summed E-state index contributed by atoms with van der Waals surface area (Å²) in [6, 6.07) is 5.23. The molecule has 0 aliphatic carbocycles. The van der Waals surface area contributed by atoms with Gasteiger partial charge in [-0.05, 0) is 31.9 Å². The molecule has 1 aromatic carbocycles. The van der Waals surface area contributed by atoms with Gasteiger partial charge in [-0.1, -0.05) is 0 Å². The summed E-state index contributed by atoms with van der Waals surface area (Å²) >= 11 is 0. The lowest BCUT2D eigenvalue weighted by atomic mass is 10.0. The van der Waals surface area contributed by atoms with Crippen molar-refractivity contribution in [2.24, 2.45) is 0 Å². The van der Waals surface area contributed by atoms with Gasteiger partial charge >= 0.3 is 6.09 Å². The van der Waals surface area contributed by atoms with E-state index in [-0.39, 0.29) is 30.1 Å². The maximum Gasteiger partial charge on any atom is 0.410 e. The third kappa shape index (κ3) is 2.95. The minimum absolute atomic E-state index is 0.00962. The van der Waals surface area contributed by atoms with E-state index in [4.69, 9.17) is 4.74 Å². The number of amides is 1. The van der Waals surface area contributed by atoms with Gasteiger partial charge in [-0.25, -0.2) is 14.2 Å². The number of carbonyl (C=O) groups excluding carboxylic acids is 1. The normalized spacial score (nSPS) is 26.2. The second-order valence-corrected chi connectivity index (χ2v) is 7.97. The fraction of sp³-hybridized carbons (Fsp3) is 0.600. The van der Waals surface area contributed by atoms with Crippen molar-refractivity contribution in [3.05, 3.63) is 29.8 Å². The molecule has 0 bridgehead atoms. The zero-order chi connectivity index (χ0) is 19.3. The predicted octanol–water partition coefficient (Wildman–Crippen LogP) is 1.95. The number of hydrogen-bond acceptors (Lipinski definition) is 5. The summed E-state index contributed by atoms with van der Waals surface area (Å²) in [5.74, 6) is 0.722. The van der Waals surface area contributed by atoms with Crippen molar-refractivity contribution in [3.8, 4) is 0 Å². The van der Waals surface area contributed by atoms with Crippen molar-refractivity contribution < 1.29 is 13.9 Å². The number of carbonyl (C=O) groups is 1. The molecule has 2 atom stereocenters. The van der Waals surface area contributed by atoms with Crippen LogP contribution in [0.3, 0.4) is 0 Å². The van der Waals surface area contributed by atoms with E-state index in [0.29, 0.717) is 5.52 Å². The molecule has 28 heavy (non-hydrogen) atoms. The van der Waals surface area contributed by atoms with Crippen LogP contribution in [0.2, 0.25) is 0 Å². The fourth-order valence-corrected chi connectivity index (χ4v) is 4.97. The lowest BCUT2D eigenvalue weighted by Gasteiger charge is -2.37. The highest BCUT2D eigenvalue weighted by Crippen LogP contribution is 2.29. The Kier molecular flexibility index (Phi) is 4.47. The SMILES string of the molecule is CCn1c(CN2CCC(N3C(=O)O[C@H]4CNC[C@H]43)CC2)nc2cc(F)ccc21. The van der Waals surface area contributed by atoms with Gasteiger partial charge in [-0.2, -0.15) is 0 Å². The van der Waals surface area contributed by atoms with Crippen LogP contribution in [0.1, 0.15) is 25.6 Å². The minimum Gasteiger partial charge on any atom is -0.442 e. The number of aryl methyl sites for hydroxylation is 1. The molecule has 1 amide bonds. The third-order valence-corrected chi connectivity index (χ3v) is 6.37. The zero-order valence-electron chi connectivity index (χ0n) is 16.1. The van der Waals surface area contributed by atoms with Gasteiger partial charge < -0.3 is 14.6 Å². The van der Waals surface area contributed by atoms with E-state index in [9.17, 15) is 9.18 Å². The van der Waals surface area contributed by atoms with Crippen LogP contribution in [-0.2, 0) is 17.8 Å². The molecule has 0 saturated carbocycles. The number of hydrogen-bond donors (Lipinski definition) is 1. The number of fused-ring (bicyclic) bond motifs is 2. The molecule has 3 aliphatic heterocycles. The van der Waals surface area contributed by atoms with Crippen LogP contribution < -0.4 is 5.32 Å². The molecule has 0 spiro atoms. The number of rotatable bonds is 4. The average Bonchev–Trinajstić information content (AvgIpc) is 3.34. The Morgan fingerprint density at radius 3 is 2.89 bits per heavy atom. The van der Waals surface area contributed by atoms with Gasteiger partial charge in [0.2, 0.25) is 0 Å². The minimum atomic E-state index is -0.252. The number of nitrogens with zero attached hydrogens (tertiary/aromatic N) is 4. The molecular formula is C20H26FN5O2. The number of imidazole rings is 1. The first-order chi connectivity index (χ1) is 13.6. The molecule has 8 heteroatoms. The van der Waals surface area contributed by atoms with Crippen LogP contribution in [0, 0.1) is 5.82 Å². The van der Waals surface area contributed by atoms with Crippen LogP contribution >= 0.6 is 0 Å². The highest BCUT2D eigenvalue weighted by Gasteiger charge is 2.47. The van der Waals surface area contributed by atoms with Crippen LogP contribution in [-0.4, -0.2) is 69.8 Å². The molecule has 3 saturated heterocycles. The lowest BCUT2D eigenvalue weighted by molar-refractivity contribution is 0.101. The van der Waals surface area contributed by atoms with Gasteiger partial charge in [0.15, 0.2) is 0 Å². The summed E-state index contributed by atoms with van der Waals surface area (Å²) < 4.78 is 21.2. The van der Waals surface area contributed by atoms with Crippen LogP contribution in [0.5, 0.6) is 0 Å². The average molecular weight is 387 g/mol. The standard InChI is InChI=1S/C20H26FN5O2/c1-2-25-16-4-3-13(21)9-15(16)23-19(25)12-24-7-5-14(6-8-24)26-17-10-22-11-18(17)28-20(26)27/h3-4,9,14,17-18,22H,2,5-8,10-12H2,1H3/t17-,18+/m1/s1. The second kappa shape index (κ2) is 7.00. The van der Waals surface area contributed by atoms with Gasteiger partial charge in [0.25, 0.3) is 0 Å². The number of likely N-dealkylation sites (tertiary alicyclic amines) is 1. The monoisotopic (exact) mass is 387 g/mol. The number of benzene rings is 1. The van der Waals surface area contributed by atoms with E-state index in [0.717, 1.165) is 63.5 Å². The molecule has 3 fully saturated rings. The molecule has 150 valence electrons. The van der Waals surface area contributed by atoms with Gasteiger partial charge in [0, 0.05) is 44.8 Å². The number of piperidine rings is 1. The second-order valence-electron chi connectivity index (χ2n) is 7.97. The van der Waals surface area contributed by atoms with Gasteiger partial charge in [0.05, 0.1) is 23.6 Å². The van der Waals surface area contributed by atoms with E-state index in [1.165, 1.54) is 12.1 Å². The topological polar surface area (TPSA) is 62.6 Å². The Hall–Kier alpha value is -2.19. The van der Waals surface area contributed by atoms with E-state index in [1.54, 1.807) is 0 Å². The Labute approximate surface area is 163 Å². The first-order valence-electron chi connectivity index (χ1n) is 10.2. The van der Waals surface area contributed by atoms with E-state index >= 15 is 0 Å². The molecule has 2 aromatic rings. The Bertz CT molecular complexity index is 892. The number of halogens is 1. The number of nitrogens with one attached hydrogen (secondary N) is 1. The van der Waals surface area contributed by atoms with Crippen molar-refractivity contribution >= 4 is 17.1 Å². The van der Waals surface area contributed by atoms with Gasteiger partial charge in [-0.15, -0.1) is 0 Å². The van der Waals surface area contributed by atoms with Crippen molar-refractivity contribution in [1.29, 1.82) is 0 Å². The Balaban J connectivity index is 1.27. The quantitative estimate of drug-likeness (QED) is 0.869. The van der Waals surface area contributed by atoms with Crippen molar-refractivity contribution in [1.82, 2.24) is 24.7 Å². The summed E-state index contributed by atoms with van der Waals surface area (Å²) in [5.41, 5.74) is 1.69. The highest BCUT2D eigenvalue weighted by molar-refractivity contribution is 5.76. The summed E-state index contributed by atoms with van der Waals surface area (Å²) in [6.07, 6.45) is 1.75. The molecule has 5 rings (SSSR count). The molecular weight excluding hydrogens is 361 g/mol. The van der Waals surface area contributed by atoms with Crippen LogP contribution in [0.15, 0.2) is 18.2 Å².